The van der Waals surface area contributed by atoms with E-state index in [1.54, 1.807) is 0 Å². The van der Waals surface area contributed by atoms with E-state index in [9.17, 15) is 0 Å². The fourth-order valence-corrected chi connectivity index (χ4v) is 2.87. The van der Waals surface area contributed by atoms with E-state index in [-0.39, 0.29) is 30.0 Å². The molecule has 0 N–H and O–H groups in total. The summed E-state index contributed by atoms with van der Waals surface area (Å²) in [5.41, 5.74) is 3.70. The Morgan fingerprint density at radius 3 is 2.43 bits per heavy atom. The average Bonchev–Trinajstić information content (AvgIpc) is 2.81. The molecule has 3 nitrogen and oxygen atoms in total. The van der Waals surface area contributed by atoms with E-state index in [1.165, 1.54) is 16.7 Å². The SMILES string of the molecule is Cc1ccc(C2CC(OC(C)C)C(COC(C)(C)C)O2)cc1C. The lowest BCUT2D eigenvalue weighted by atomic mass is 10.00. The van der Waals surface area contributed by atoms with Gasteiger partial charge in [0.25, 0.3) is 0 Å². The Balaban J connectivity index is 2.10. The molecule has 3 unspecified atom stereocenters. The predicted molar refractivity (Wildman–Crippen MR) is 93.9 cm³/mol. The normalized spacial score (nSPS) is 25.3. The molecule has 0 spiro atoms. The first-order valence-electron chi connectivity index (χ1n) is 8.68. The van der Waals surface area contributed by atoms with E-state index in [2.05, 4.69) is 66.7 Å². The van der Waals surface area contributed by atoms with Crippen LogP contribution in [0.5, 0.6) is 0 Å². The van der Waals surface area contributed by atoms with Gasteiger partial charge in [-0.1, -0.05) is 18.2 Å². The fourth-order valence-electron chi connectivity index (χ4n) is 2.87. The van der Waals surface area contributed by atoms with E-state index in [0.717, 1.165) is 6.42 Å². The topological polar surface area (TPSA) is 27.7 Å². The molecule has 2 rings (SSSR count). The minimum absolute atomic E-state index is 0.0109. The smallest absolute Gasteiger partial charge is 0.108 e. The molecule has 1 aromatic rings. The van der Waals surface area contributed by atoms with Crippen LogP contribution < -0.4 is 0 Å². The highest BCUT2D eigenvalue weighted by Gasteiger charge is 2.38. The summed E-state index contributed by atoms with van der Waals surface area (Å²) in [6.07, 6.45) is 1.25. The van der Waals surface area contributed by atoms with Crippen molar-refractivity contribution < 1.29 is 14.2 Å². The van der Waals surface area contributed by atoms with E-state index < -0.39 is 0 Å². The van der Waals surface area contributed by atoms with E-state index >= 15 is 0 Å². The molecule has 0 radical (unpaired) electrons. The van der Waals surface area contributed by atoms with Crippen LogP contribution in [0.15, 0.2) is 18.2 Å². The Kier molecular flexibility index (Phi) is 5.88. The minimum Gasteiger partial charge on any atom is -0.373 e. The number of benzene rings is 1. The predicted octanol–water partition coefficient (Wildman–Crippen LogP) is 4.74. The van der Waals surface area contributed by atoms with Gasteiger partial charge in [0.05, 0.1) is 30.5 Å². The third-order valence-corrected chi connectivity index (χ3v) is 4.23. The molecule has 0 saturated carbocycles. The van der Waals surface area contributed by atoms with Crippen molar-refractivity contribution in [1.29, 1.82) is 0 Å². The molecule has 1 heterocycles. The molecule has 3 heteroatoms. The summed E-state index contributed by atoms with van der Waals surface area (Å²) in [6, 6.07) is 6.58. The maximum Gasteiger partial charge on any atom is 0.108 e. The second-order valence-corrected chi connectivity index (χ2v) is 7.89. The van der Waals surface area contributed by atoms with Crippen molar-refractivity contribution in [3.8, 4) is 0 Å². The highest BCUT2D eigenvalue weighted by atomic mass is 16.6. The van der Waals surface area contributed by atoms with Crippen LogP contribution in [0.1, 0.15) is 63.8 Å². The van der Waals surface area contributed by atoms with Gasteiger partial charge in [-0.25, -0.2) is 0 Å². The van der Waals surface area contributed by atoms with Crippen molar-refractivity contribution in [3.63, 3.8) is 0 Å². The van der Waals surface area contributed by atoms with Crippen LogP contribution in [0.4, 0.5) is 0 Å². The van der Waals surface area contributed by atoms with Gasteiger partial charge in [-0.3, -0.25) is 0 Å². The first-order chi connectivity index (χ1) is 10.7. The molecule has 1 aliphatic rings. The van der Waals surface area contributed by atoms with Gasteiger partial charge in [-0.15, -0.1) is 0 Å². The van der Waals surface area contributed by atoms with Crippen LogP contribution in [0.3, 0.4) is 0 Å². The van der Waals surface area contributed by atoms with E-state index in [0.29, 0.717) is 6.61 Å². The summed E-state index contributed by atoms with van der Waals surface area (Å²) < 4.78 is 18.3. The Morgan fingerprint density at radius 1 is 1.17 bits per heavy atom. The monoisotopic (exact) mass is 320 g/mol. The van der Waals surface area contributed by atoms with Crippen LogP contribution in [0.25, 0.3) is 0 Å². The molecule has 1 aliphatic heterocycles. The van der Waals surface area contributed by atoms with Gasteiger partial charge in [0.15, 0.2) is 0 Å². The molecule has 0 amide bonds. The fraction of sp³-hybridized carbons (Fsp3) is 0.700. The molecule has 0 aromatic heterocycles. The highest BCUT2D eigenvalue weighted by molar-refractivity contribution is 5.31. The van der Waals surface area contributed by atoms with Gasteiger partial charge in [0, 0.05) is 6.42 Å². The highest BCUT2D eigenvalue weighted by Crippen LogP contribution is 2.36. The zero-order valence-electron chi connectivity index (χ0n) is 15.7. The van der Waals surface area contributed by atoms with Crippen LogP contribution in [-0.2, 0) is 14.2 Å². The van der Waals surface area contributed by atoms with Crippen molar-refractivity contribution in [2.45, 2.75) is 84.9 Å². The zero-order valence-corrected chi connectivity index (χ0v) is 15.7. The van der Waals surface area contributed by atoms with Crippen molar-refractivity contribution in [2.75, 3.05) is 6.61 Å². The van der Waals surface area contributed by atoms with Gasteiger partial charge in [0.2, 0.25) is 0 Å². The molecule has 23 heavy (non-hydrogen) atoms. The largest absolute Gasteiger partial charge is 0.373 e. The molecular formula is C20H32O3. The molecule has 130 valence electrons. The Hall–Kier alpha value is -0.900. The summed E-state index contributed by atoms with van der Waals surface area (Å²) in [6.45, 7) is 15.2. The van der Waals surface area contributed by atoms with Crippen molar-refractivity contribution in [3.05, 3.63) is 34.9 Å². The lowest BCUT2D eigenvalue weighted by Crippen LogP contribution is -2.34. The Morgan fingerprint density at radius 2 is 1.87 bits per heavy atom. The molecular weight excluding hydrogens is 288 g/mol. The van der Waals surface area contributed by atoms with Crippen LogP contribution in [0, 0.1) is 13.8 Å². The number of hydrogen-bond acceptors (Lipinski definition) is 3. The second-order valence-electron chi connectivity index (χ2n) is 7.89. The number of hydrogen-bond donors (Lipinski definition) is 0. The van der Waals surface area contributed by atoms with Crippen LogP contribution >= 0.6 is 0 Å². The summed E-state index contributed by atoms with van der Waals surface area (Å²) in [5, 5.41) is 0. The quantitative estimate of drug-likeness (QED) is 0.784. The zero-order chi connectivity index (χ0) is 17.2. The Bertz CT molecular complexity index is 516. The van der Waals surface area contributed by atoms with Crippen molar-refractivity contribution in [1.82, 2.24) is 0 Å². The third kappa shape index (κ3) is 5.30. The van der Waals surface area contributed by atoms with Crippen molar-refractivity contribution >= 4 is 0 Å². The van der Waals surface area contributed by atoms with E-state index in [1.807, 2.05) is 0 Å². The average molecular weight is 320 g/mol. The second kappa shape index (κ2) is 7.33. The first kappa shape index (κ1) is 18.4. The molecule has 3 atom stereocenters. The summed E-state index contributed by atoms with van der Waals surface area (Å²) in [4.78, 5) is 0. The van der Waals surface area contributed by atoms with Crippen LogP contribution in [0.2, 0.25) is 0 Å². The van der Waals surface area contributed by atoms with E-state index in [4.69, 9.17) is 14.2 Å². The van der Waals surface area contributed by atoms with Crippen LogP contribution in [-0.4, -0.2) is 30.5 Å². The number of ether oxygens (including phenoxy) is 3. The molecule has 1 fully saturated rings. The molecule has 1 aromatic carbocycles. The third-order valence-electron chi connectivity index (χ3n) is 4.23. The lowest BCUT2D eigenvalue weighted by Gasteiger charge is -2.26. The Labute approximate surface area is 141 Å². The number of aryl methyl sites for hydroxylation is 2. The van der Waals surface area contributed by atoms with Gasteiger partial charge in [-0.05, 0) is 65.2 Å². The van der Waals surface area contributed by atoms with Gasteiger partial charge < -0.3 is 14.2 Å². The van der Waals surface area contributed by atoms with Gasteiger partial charge in [-0.2, -0.15) is 0 Å². The molecule has 0 bridgehead atoms. The molecule has 0 aliphatic carbocycles. The van der Waals surface area contributed by atoms with Gasteiger partial charge in [0.1, 0.15) is 6.10 Å². The maximum absolute atomic E-state index is 6.30. The molecule has 1 saturated heterocycles. The maximum atomic E-state index is 6.30. The summed E-state index contributed by atoms with van der Waals surface area (Å²) in [5.74, 6) is 0. The number of rotatable bonds is 5. The minimum atomic E-state index is -0.162. The standard InChI is InChI=1S/C20H32O3/c1-13(2)22-18-11-17(16-9-8-14(3)15(4)10-16)23-19(18)12-21-20(5,6)7/h8-10,13,17-19H,11-12H2,1-7H3. The van der Waals surface area contributed by atoms with Crippen molar-refractivity contribution in [2.24, 2.45) is 0 Å². The first-order valence-corrected chi connectivity index (χ1v) is 8.68. The summed E-state index contributed by atoms with van der Waals surface area (Å²) in [7, 11) is 0. The summed E-state index contributed by atoms with van der Waals surface area (Å²) >= 11 is 0. The van der Waals surface area contributed by atoms with Gasteiger partial charge >= 0.3 is 0 Å². The lowest BCUT2D eigenvalue weighted by molar-refractivity contribution is -0.108.